The van der Waals surface area contributed by atoms with Gasteiger partial charge in [0, 0.05) is 12.6 Å². The van der Waals surface area contributed by atoms with Gasteiger partial charge < -0.3 is 5.11 Å². The quantitative estimate of drug-likeness (QED) is 0.784. The fourth-order valence-electron chi connectivity index (χ4n) is 1.77. The average molecular weight is 210 g/mol. The van der Waals surface area contributed by atoms with Gasteiger partial charge in [0.15, 0.2) is 0 Å². The highest BCUT2D eigenvalue weighted by molar-refractivity contribution is 5.30. The lowest BCUT2D eigenvalue weighted by atomic mass is 10.1. The number of rotatable bonds is 6. The van der Waals surface area contributed by atoms with Gasteiger partial charge in [-0.15, -0.1) is 0 Å². The summed E-state index contributed by atoms with van der Waals surface area (Å²) in [6, 6.07) is 0. The minimum absolute atomic E-state index is 0.356. The highest BCUT2D eigenvalue weighted by atomic mass is 16.3. The molecule has 86 valence electrons. The third kappa shape index (κ3) is 2.98. The lowest BCUT2D eigenvalue weighted by Gasteiger charge is -2.01. The van der Waals surface area contributed by atoms with Gasteiger partial charge in [-0.05, 0) is 25.7 Å². The number of nitrogens with zero attached hydrogens (tertiary/aromatic N) is 2. The largest absolute Gasteiger partial charge is 0.493 e. The number of aryl methyl sites for hydroxylation is 2. The smallest absolute Gasteiger partial charge is 0.212 e. The third-order valence-corrected chi connectivity index (χ3v) is 2.74. The second kappa shape index (κ2) is 5.79. The molecular weight excluding hydrogens is 188 g/mol. The van der Waals surface area contributed by atoms with Crippen molar-refractivity contribution < 1.29 is 5.11 Å². The summed E-state index contributed by atoms with van der Waals surface area (Å²) >= 11 is 0. The molecule has 1 rings (SSSR count). The SMILES string of the molecule is CCCCc1nn(C)c(O)c1CCCC. The summed E-state index contributed by atoms with van der Waals surface area (Å²) in [6.45, 7) is 4.34. The number of hydrogen-bond acceptors (Lipinski definition) is 2. The first kappa shape index (κ1) is 12.1. The molecule has 1 aromatic rings. The van der Waals surface area contributed by atoms with E-state index in [1.807, 2.05) is 0 Å². The zero-order chi connectivity index (χ0) is 11.3. The number of aromatic nitrogens is 2. The van der Waals surface area contributed by atoms with E-state index in [9.17, 15) is 5.11 Å². The van der Waals surface area contributed by atoms with Crippen LogP contribution in [0.3, 0.4) is 0 Å². The monoisotopic (exact) mass is 210 g/mol. The van der Waals surface area contributed by atoms with Crippen LogP contribution in [0.25, 0.3) is 0 Å². The van der Waals surface area contributed by atoms with Crippen molar-refractivity contribution >= 4 is 0 Å². The Morgan fingerprint density at radius 1 is 1.13 bits per heavy atom. The Balaban J connectivity index is 2.78. The molecule has 3 heteroatoms. The van der Waals surface area contributed by atoms with Crippen molar-refractivity contribution in [3.05, 3.63) is 11.3 Å². The molecule has 0 amide bonds. The second-order valence-corrected chi connectivity index (χ2v) is 4.08. The Morgan fingerprint density at radius 2 is 1.73 bits per heavy atom. The summed E-state index contributed by atoms with van der Waals surface area (Å²) < 4.78 is 1.59. The minimum atomic E-state index is 0.356. The van der Waals surface area contributed by atoms with Crippen LogP contribution in [0.4, 0.5) is 0 Å². The normalized spacial score (nSPS) is 10.9. The zero-order valence-electron chi connectivity index (χ0n) is 10.1. The maximum Gasteiger partial charge on any atom is 0.212 e. The molecule has 0 aliphatic heterocycles. The molecule has 3 nitrogen and oxygen atoms in total. The van der Waals surface area contributed by atoms with Gasteiger partial charge in [0.05, 0.1) is 5.69 Å². The van der Waals surface area contributed by atoms with Gasteiger partial charge in [-0.2, -0.15) is 5.10 Å². The molecule has 0 spiro atoms. The Hall–Kier alpha value is -0.990. The van der Waals surface area contributed by atoms with Crippen LogP contribution in [0.1, 0.15) is 50.8 Å². The molecule has 0 radical (unpaired) electrons. The molecule has 0 unspecified atom stereocenters. The third-order valence-electron chi connectivity index (χ3n) is 2.74. The Labute approximate surface area is 92.1 Å². The fourth-order valence-corrected chi connectivity index (χ4v) is 1.77. The standard InChI is InChI=1S/C12H22N2O/c1-4-6-8-10-11(9-7-5-2)13-14(3)12(10)15/h15H,4-9H2,1-3H3. The first-order valence-electron chi connectivity index (χ1n) is 5.94. The predicted molar refractivity (Wildman–Crippen MR) is 62.1 cm³/mol. The van der Waals surface area contributed by atoms with Crippen LogP contribution in [0.5, 0.6) is 5.88 Å². The summed E-state index contributed by atoms with van der Waals surface area (Å²) in [5, 5.41) is 14.2. The van der Waals surface area contributed by atoms with Crippen molar-refractivity contribution in [2.24, 2.45) is 7.05 Å². The van der Waals surface area contributed by atoms with Gasteiger partial charge in [-0.1, -0.05) is 26.7 Å². The van der Waals surface area contributed by atoms with Crippen LogP contribution in [0, 0.1) is 0 Å². The van der Waals surface area contributed by atoms with Crippen LogP contribution >= 0.6 is 0 Å². The number of aromatic hydroxyl groups is 1. The molecule has 1 aromatic heterocycles. The van der Waals surface area contributed by atoms with Gasteiger partial charge in [-0.25, -0.2) is 4.68 Å². The van der Waals surface area contributed by atoms with Crippen LogP contribution in [0.2, 0.25) is 0 Å². The second-order valence-electron chi connectivity index (χ2n) is 4.08. The van der Waals surface area contributed by atoms with E-state index in [0.29, 0.717) is 5.88 Å². The molecule has 0 fully saturated rings. The molecule has 0 aliphatic carbocycles. The first-order valence-corrected chi connectivity index (χ1v) is 5.94. The molecule has 0 bridgehead atoms. The summed E-state index contributed by atoms with van der Waals surface area (Å²) in [5.74, 6) is 0.356. The Kier molecular flexibility index (Phi) is 4.66. The van der Waals surface area contributed by atoms with E-state index in [4.69, 9.17) is 0 Å². The van der Waals surface area contributed by atoms with Crippen molar-refractivity contribution in [1.29, 1.82) is 0 Å². The predicted octanol–water partition coefficient (Wildman–Crippen LogP) is 2.81. The Morgan fingerprint density at radius 3 is 2.33 bits per heavy atom. The van der Waals surface area contributed by atoms with Crippen molar-refractivity contribution in [1.82, 2.24) is 9.78 Å². The van der Waals surface area contributed by atoms with Crippen molar-refractivity contribution in [2.45, 2.75) is 52.4 Å². The van der Waals surface area contributed by atoms with Gasteiger partial charge in [0.25, 0.3) is 0 Å². The van der Waals surface area contributed by atoms with E-state index in [-0.39, 0.29) is 0 Å². The molecule has 0 aliphatic rings. The van der Waals surface area contributed by atoms with Crippen molar-refractivity contribution in [3.8, 4) is 5.88 Å². The zero-order valence-corrected chi connectivity index (χ0v) is 10.1. The summed E-state index contributed by atoms with van der Waals surface area (Å²) in [4.78, 5) is 0. The first-order chi connectivity index (χ1) is 7.20. The van der Waals surface area contributed by atoms with Gasteiger partial charge in [-0.3, -0.25) is 0 Å². The van der Waals surface area contributed by atoms with Crippen LogP contribution in [-0.4, -0.2) is 14.9 Å². The van der Waals surface area contributed by atoms with Crippen molar-refractivity contribution in [2.75, 3.05) is 0 Å². The maximum atomic E-state index is 9.84. The highest BCUT2D eigenvalue weighted by Gasteiger charge is 2.13. The van der Waals surface area contributed by atoms with Crippen LogP contribution in [0.15, 0.2) is 0 Å². The number of hydrogen-bond donors (Lipinski definition) is 1. The Bertz CT molecular complexity index is 305. The van der Waals surface area contributed by atoms with Gasteiger partial charge in [0.2, 0.25) is 5.88 Å². The topological polar surface area (TPSA) is 38.0 Å². The highest BCUT2D eigenvalue weighted by Crippen LogP contribution is 2.23. The van der Waals surface area contributed by atoms with Crippen LogP contribution < -0.4 is 0 Å². The lowest BCUT2D eigenvalue weighted by Crippen LogP contribution is -1.93. The fraction of sp³-hybridized carbons (Fsp3) is 0.750. The molecule has 1 N–H and O–H groups in total. The summed E-state index contributed by atoms with van der Waals surface area (Å²) in [5.41, 5.74) is 2.15. The molecule has 0 atom stereocenters. The molecular formula is C12H22N2O. The van der Waals surface area contributed by atoms with Gasteiger partial charge >= 0.3 is 0 Å². The molecule has 1 heterocycles. The van der Waals surface area contributed by atoms with E-state index >= 15 is 0 Å². The van der Waals surface area contributed by atoms with E-state index in [2.05, 4.69) is 18.9 Å². The molecule has 0 saturated heterocycles. The summed E-state index contributed by atoms with van der Waals surface area (Å²) in [7, 11) is 1.81. The number of unbranched alkanes of at least 4 members (excludes halogenated alkanes) is 2. The maximum absolute atomic E-state index is 9.84. The van der Waals surface area contributed by atoms with E-state index < -0.39 is 0 Å². The van der Waals surface area contributed by atoms with E-state index in [1.165, 1.54) is 6.42 Å². The van der Waals surface area contributed by atoms with Crippen LogP contribution in [-0.2, 0) is 19.9 Å². The lowest BCUT2D eigenvalue weighted by molar-refractivity contribution is 0.413. The molecule has 15 heavy (non-hydrogen) atoms. The minimum Gasteiger partial charge on any atom is -0.493 e. The average Bonchev–Trinajstić information content (AvgIpc) is 2.50. The van der Waals surface area contributed by atoms with Crippen molar-refractivity contribution in [3.63, 3.8) is 0 Å². The van der Waals surface area contributed by atoms with Gasteiger partial charge in [0.1, 0.15) is 0 Å². The molecule has 0 aromatic carbocycles. The van der Waals surface area contributed by atoms with E-state index in [1.54, 1.807) is 11.7 Å². The molecule has 0 saturated carbocycles. The summed E-state index contributed by atoms with van der Waals surface area (Å²) in [6.07, 6.45) is 6.54. The van der Waals surface area contributed by atoms with E-state index in [0.717, 1.165) is 43.4 Å².